The topological polar surface area (TPSA) is 337 Å². The lowest BCUT2D eigenvalue weighted by molar-refractivity contribution is -0.146. The van der Waals surface area contributed by atoms with Gasteiger partial charge in [-0.05, 0) is 90.2 Å². The molecule has 8 atom stereocenters. The van der Waals surface area contributed by atoms with Gasteiger partial charge >= 0.3 is 5.97 Å². The molecule has 4 aliphatic rings. The van der Waals surface area contributed by atoms with Gasteiger partial charge in [0.15, 0.2) is 17.5 Å². The minimum absolute atomic E-state index is 0.0103. The lowest BCUT2D eigenvalue weighted by atomic mass is 9.98. The van der Waals surface area contributed by atoms with Crippen LogP contribution in [-0.2, 0) is 33.6 Å². The number of nitrogens with one attached hydrogen (secondary N) is 6. The van der Waals surface area contributed by atoms with Gasteiger partial charge in [0.05, 0.1) is 12.5 Å². The van der Waals surface area contributed by atoms with Crippen LogP contribution < -0.4 is 47.1 Å². The molecule has 21 nitrogen and oxygen atoms in total. The van der Waals surface area contributed by atoms with Crippen molar-refractivity contribution in [3.8, 4) is 34.5 Å². The van der Waals surface area contributed by atoms with Crippen molar-refractivity contribution in [2.75, 3.05) is 7.05 Å². The zero-order valence-corrected chi connectivity index (χ0v) is 35.7. The Labute approximate surface area is 376 Å². The molecule has 21 heteroatoms. The molecule has 0 radical (unpaired) electrons. The van der Waals surface area contributed by atoms with Crippen LogP contribution in [-0.4, -0.2) is 98.2 Å². The molecule has 3 unspecified atom stereocenters. The number of likely N-dealkylation sites (N-methyl/N-ethyl adjacent to an activating group) is 1. The maximum absolute atomic E-state index is 14.8. The summed E-state index contributed by atoms with van der Waals surface area (Å²) in [7, 11) is 1.53. The minimum atomic E-state index is -1.99. The molecule has 0 saturated heterocycles. The largest absolute Gasteiger partial charge is 0.508 e. The number of carbonyl (C=O) groups is 7. The molecule has 4 heterocycles. The van der Waals surface area contributed by atoms with E-state index >= 15 is 0 Å². The van der Waals surface area contributed by atoms with Crippen molar-refractivity contribution in [3.05, 3.63) is 107 Å². The number of nitrogens with two attached hydrogens (primary N) is 1. The first-order valence-electron chi connectivity index (χ1n) is 20.6. The zero-order chi connectivity index (χ0) is 48.0. The number of rotatable bonds is 9. The summed E-state index contributed by atoms with van der Waals surface area (Å²) in [6, 6.07) is 7.64. The van der Waals surface area contributed by atoms with Gasteiger partial charge in [0.25, 0.3) is 0 Å². The Kier molecular flexibility index (Phi) is 14.7. The minimum Gasteiger partial charge on any atom is -0.508 e. The quantitative estimate of drug-likeness (QED) is 0.111. The number of carboxylic acids is 1. The van der Waals surface area contributed by atoms with Crippen LogP contribution in [0, 0.1) is 5.92 Å². The maximum Gasteiger partial charge on any atom is 0.329 e. The molecule has 4 aromatic carbocycles. The lowest BCUT2D eigenvalue weighted by Gasteiger charge is -2.30. The number of ether oxygens (including phenoxy) is 2. The standard InChI is InChI=1S/C45H49N7O14/c1-20(2)16-28(47-3)40(58)51-35-37(55)22-6-12-26(13-7-22)65-30-17-24-18-31(39(30)57)66-27-14-8-23(9-15-27)38(56)36(45(63)64)52-42(60)33(21-4-10-25(53)11-5-21)50-43(61)34(24)49-41(59)29(19-32(46)54)48-44(35)62/h4-15,17-18,20,28-29,33-38,47,53,55-57H,16,19H2,1-3H3,(H2,46,54)(H,48,62)(H,49,59)(H,50,61)(H,51,58)(H,52,60)(H,63,64)/t28-,29+,33-,34-,35-,36?,37?,38?/m1/s1. The highest BCUT2D eigenvalue weighted by Gasteiger charge is 2.39. The number of benzene rings is 4. The number of amides is 6. The van der Waals surface area contributed by atoms with E-state index in [2.05, 4.69) is 31.9 Å². The van der Waals surface area contributed by atoms with Crippen LogP contribution in [0.4, 0.5) is 0 Å². The molecule has 7 bridgehead atoms. The van der Waals surface area contributed by atoms with Crippen LogP contribution >= 0.6 is 0 Å². The summed E-state index contributed by atoms with van der Waals surface area (Å²) >= 11 is 0. The Morgan fingerprint density at radius 2 is 1.18 bits per heavy atom. The fourth-order valence-corrected chi connectivity index (χ4v) is 7.32. The Balaban J connectivity index is 1.54. The van der Waals surface area contributed by atoms with Crippen LogP contribution in [0.1, 0.15) is 73.2 Å². The first-order chi connectivity index (χ1) is 31.3. The Morgan fingerprint density at radius 3 is 1.70 bits per heavy atom. The summed E-state index contributed by atoms with van der Waals surface area (Å²) in [6.45, 7) is 3.75. The highest BCUT2D eigenvalue weighted by molar-refractivity contribution is 5.99. The Morgan fingerprint density at radius 1 is 0.682 bits per heavy atom. The summed E-state index contributed by atoms with van der Waals surface area (Å²) in [6.07, 6.45) is -4.18. The van der Waals surface area contributed by atoms with E-state index in [0.717, 1.165) is 12.1 Å². The molecular formula is C45H49N7O14. The summed E-state index contributed by atoms with van der Waals surface area (Å²) in [4.78, 5) is 96.1. The number of carboxylic acid groups (broad SMARTS) is 1. The number of fused-ring (bicyclic) bond motifs is 16. The van der Waals surface area contributed by atoms with Crippen molar-refractivity contribution < 1.29 is 68.6 Å². The first kappa shape index (κ1) is 47.7. The van der Waals surface area contributed by atoms with E-state index in [9.17, 15) is 59.1 Å². The van der Waals surface area contributed by atoms with Gasteiger partial charge in [0.1, 0.15) is 53.6 Å². The number of aliphatic carboxylic acids is 1. The molecule has 4 aromatic rings. The first-order valence-corrected chi connectivity index (χ1v) is 20.6. The second-order valence-electron chi connectivity index (χ2n) is 16.1. The van der Waals surface area contributed by atoms with Gasteiger partial charge in [0.2, 0.25) is 41.2 Å². The van der Waals surface area contributed by atoms with Gasteiger partial charge < -0.3 is 72.6 Å². The number of aliphatic hydroxyl groups is 2. The molecule has 0 spiro atoms. The molecule has 13 N–H and O–H groups in total. The second kappa shape index (κ2) is 20.4. The third-order valence-corrected chi connectivity index (χ3v) is 10.8. The number of aliphatic hydroxyl groups excluding tert-OH is 2. The van der Waals surface area contributed by atoms with E-state index < -0.39 is 102 Å². The highest BCUT2D eigenvalue weighted by atomic mass is 16.5. The van der Waals surface area contributed by atoms with E-state index in [1.54, 1.807) is 0 Å². The number of phenols is 2. The summed E-state index contributed by atoms with van der Waals surface area (Å²) in [5.74, 6) is -9.66. The zero-order valence-electron chi connectivity index (χ0n) is 35.7. The summed E-state index contributed by atoms with van der Waals surface area (Å²) in [5, 5.41) is 69.6. The third kappa shape index (κ3) is 11.1. The average Bonchev–Trinajstić information content (AvgIpc) is 3.27. The molecule has 0 fully saturated rings. The van der Waals surface area contributed by atoms with Crippen molar-refractivity contribution >= 4 is 41.4 Å². The highest BCUT2D eigenvalue weighted by Crippen LogP contribution is 2.44. The van der Waals surface area contributed by atoms with Crippen LogP contribution in [0.3, 0.4) is 0 Å². The number of carbonyl (C=O) groups excluding carboxylic acids is 6. The van der Waals surface area contributed by atoms with Gasteiger partial charge in [-0.2, -0.15) is 0 Å². The normalized spacial score (nSPS) is 22.8. The van der Waals surface area contributed by atoms with Gasteiger partial charge in [-0.1, -0.05) is 50.2 Å². The molecule has 0 aliphatic carbocycles. The maximum atomic E-state index is 14.8. The van der Waals surface area contributed by atoms with Crippen molar-refractivity contribution in [1.82, 2.24) is 31.9 Å². The van der Waals surface area contributed by atoms with Crippen LogP contribution in [0.2, 0.25) is 0 Å². The fraction of sp³-hybridized carbons (Fsp3) is 0.311. The molecule has 6 amide bonds. The van der Waals surface area contributed by atoms with Gasteiger partial charge in [0, 0.05) is 0 Å². The van der Waals surface area contributed by atoms with Gasteiger partial charge in [-0.3, -0.25) is 28.8 Å². The molecule has 0 saturated carbocycles. The lowest BCUT2D eigenvalue weighted by Crippen LogP contribution is -2.59. The number of primary amides is 1. The van der Waals surface area contributed by atoms with E-state index in [0.29, 0.717) is 6.42 Å². The Hall–Kier alpha value is -7.75. The second-order valence-corrected chi connectivity index (χ2v) is 16.1. The van der Waals surface area contributed by atoms with Gasteiger partial charge in [-0.15, -0.1) is 0 Å². The van der Waals surface area contributed by atoms with Crippen molar-refractivity contribution in [2.24, 2.45) is 11.7 Å². The molecule has 4 aliphatic heterocycles. The number of phenolic OH excluding ortho intramolecular Hbond substituents is 2. The molecule has 8 rings (SSSR count). The van der Waals surface area contributed by atoms with E-state index in [4.69, 9.17) is 15.2 Å². The molecule has 66 heavy (non-hydrogen) atoms. The fourth-order valence-electron chi connectivity index (χ4n) is 7.32. The Bertz CT molecular complexity index is 2480. The molecular weight excluding hydrogens is 863 g/mol. The van der Waals surface area contributed by atoms with Crippen LogP contribution in [0.5, 0.6) is 34.5 Å². The third-order valence-electron chi connectivity index (χ3n) is 10.8. The van der Waals surface area contributed by atoms with E-state index in [1.807, 2.05) is 13.8 Å². The summed E-state index contributed by atoms with van der Waals surface area (Å²) < 4.78 is 12.1. The number of hydrogen-bond donors (Lipinski definition) is 12. The number of aromatic hydroxyl groups is 2. The van der Waals surface area contributed by atoms with Crippen LogP contribution in [0.15, 0.2) is 84.9 Å². The van der Waals surface area contributed by atoms with Gasteiger partial charge in [-0.25, -0.2) is 4.79 Å². The SMILES string of the molecule is CN[C@H](CC(C)C)C(=O)N[C@H]1C(=O)N[C@@H](CC(N)=O)C(=O)N[C@H]2C(=O)N[C@H](c3ccc(O)cc3)C(=O)NC(C(=O)O)C(O)c3ccc(cc3)Oc3cc2cc(c3O)Oc2ccc(cc2)C1O. The predicted molar refractivity (Wildman–Crippen MR) is 230 cm³/mol. The van der Waals surface area contributed by atoms with E-state index in [1.165, 1.54) is 79.8 Å². The van der Waals surface area contributed by atoms with Crippen molar-refractivity contribution in [2.45, 2.75) is 75.1 Å². The van der Waals surface area contributed by atoms with E-state index in [-0.39, 0.29) is 56.9 Å². The average molecular weight is 912 g/mol. The van der Waals surface area contributed by atoms with Crippen molar-refractivity contribution in [3.63, 3.8) is 0 Å². The smallest absolute Gasteiger partial charge is 0.329 e. The molecule has 348 valence electrons. The van der Waals surface area contributed by atoms with Crippen LogP contribution in [0.25, 0.3) is 0 Å². The number of hydrogen-bond acceptors (Lipinski definition) is 14. The van der Waals surface area contributed by atoms with Crippen molar-refractivity contribution in [1.29, 1.82) is 0 Å². The monoisotopic (exact) mass is 911 g/mol. The molecule has 0 aromatic heterocycles. The predicted octanol–water partition coefficient (Wildman–Crippen LogP) is 0.840. The summed E-state index contributed by atoms with van der Waals surface area (Å²) in [5.41, 5.74) is 5.47.